The van der Waals surface area contributed by atoms with Crippen LogP contribution in [0.4, 0.5) is 11.5 Å². The van der Waals surface area contributed by atoms with Gasteiger partial charge >= 0.3 is 0 Å². The standard InChI is InChI=1S/C26H26ClN5O/c1-16(2)18-6-7-25-30-21(15-32(25)14-18)13-29-20-8-9-28-24(11-20)31-26(33)23-12-22(23)17-4-3-5-19(27)10-17/h3-11,14-16,22-23H,12-13H2,1-2H3,(H2,28,29,31,33). The minimum Gasteiger partial charge on any atom is -0.379 e. The van der Waals surface area contributed by atoms with Crippen molar-refractivity contribution in [3.8, 4) is 0 Å². The van der Waals surface area contributed by atoms with E-state index in [1.54, 1.807) is 6.20 Å². The molecule has 3 aromatic heterocycles. The molecule has 168 valence electrons. The molecule has 2 atom stereocenters. The zero-order valence-corrected chi connectivity index (χ0v) is 19.4. The number of amides is 1. The van der Waals surface area contributed by atoms with Gasteiger partial charge in [0.25, 0.3) is 0 Å². The number of rotatable bonds is 7. The molecule has 0 bridgehead atoms. The number of aromatic nitrogens is 3. The van der Waals surface area contributed by atoms with Gasteiger partial charge in [0.15, 0.2) is 0 Å². The summed E-state index contributed by atoms with van der Waals surface area (Å²) >= 11 is 6.08. The molecule has 0 aliphatic heterocycles. The van der Waals surface area contributed by atoms with Crippen LogP contribution < -0.4 is 10.6 Å². The highest BCUT2D eigenvalue weighted by Crippen LogP contribution is 2.48. The Hall–Kier alpha value is -3.38. The first-order chi connectivity index (χ1) is 16.0. The number of nitrogens with zero attached hydrogens (tertiary/aromatic N) is 3. The van der Waals surface area contributed by atoms with Crippen LogP contribution in [0.3, 0.4) is 0 Å². The maximum atomic E-state index is 12.7. The molecule has 0 spiro atoms. The fourth-order valence-electron chi connectivity index (χ4n) is 4.10. The Bertz CT molecular complexity index is 1320. The van der Waals surface area contributed by atoms with Crippen LogP contribution in [0.5, 0.6) is 0 Å². The van der Waals surface area contributed by atoms with Gasteiger partial charge in [0.2, 0.25) is 5.91 Å². The second kappa shape index (κ2) is 8.87. The van der Waals surface area contributed by atoms with Crippen LogP contribution in [0.25, 0.3) is 5.65 Å². The normalized spacial score (nSPS) is 17.3. The van der Waals surface area contributed by atoms with Crippen LogP contribution in [0, 0.1) is 5.92 Å². The van der Waals surface area contributed by atoms with E-state index >= 15 is 0 Å². The van der Waals surface area contributed by atoms with E-state index in [0.29, 0.717) is 23.3 Å². The number of benzene rings is 1. The van der Waals surface area contributed by atoms with Crippen LogP contribution in [0.15, 0.2) is 67.1 Å². The Kier molecular flexibility index (Phi) is 5.77. The molecule has 1 amide bonds. The average molecular weight is 460 g/mol. The van der Waals surface area contributed by atoms with Gasteiger partial charge in [-0.3, -0.25) is 4.79 Å². The smallest absolute Gasteiger partial charge is 0.229 e. The van der Waals surface area contributed by atoms with Gasteiger partial charge in [-0.1, -0.05) is 43.6 Å². The summed E-state index contributed by atoms with van der Waals surface area (Å²) < 4.78 is 2.07. The van der Waals surface area contributed by atoms with Gasteiger partial charge in [-0.25, -0.2) is 9.97 Å². The highest BCUT2D eigenvalue weighted by Gasteiger charge is 2.44. The van der Waals surface area contributed by atoms with E-state index in [1.807, 2.05) is 48.7 Å². The Labute approximate surface area is 198 Å². The average Bonchev–Trinajstić information content (AvgIpc) is 3.50. The molecule has 6 nitrogen and oxygen atoms in total. The van der Waals surface area contributed by atoms with Crippen LogP contribution in [0.2, 0.25) is 5.02 Å². The number of fused-ring (bicyclic) bond motifs is 1. The van der Waals surface area contributed by atoms with Crippen molar-refractivity contribution in [2.75, 3.05) is 10.6 Å². The lowest BCUT2D eigenvalue weighted by molar-refractivity contribution is -0.117. The first-order valence-electron chi connectivity index (χ1n) is 11.2. The van der Waals surface area contributed by atoms with Crippen molar-refractivity contribution in [1.29, 1.82) is 0 Å². The summed E-state index contributed by atoms with van der Waals surface area (Å²) in [7, 11) is 0. The predicted octanol–water partition coefficient (Wildman–Crippen LogP) is 5.86. The van der Waals surface area contributed by atoms with Crippen LogP contribution in [-0.4, -0.2) is 20.3 Å². The van der Waals surface area contributed by atoms with Gasteiger partial charge in [0.1, 0.15) is 11.5 Å². The van der Waals surface area contributed by atoms with Gasteiger partial charge < -0.3 is 15.0 Å². The molecule has 7 heteroatoms. The van der Waals surface area contributed by atoms with Crippen LogP contribution >= 0.6 is 11.6 Å². The lowest BCUT2D eigenvalue weighted by Crippen LogP contribution is -2.15. The molecule has 33 heavy (non-hydrogen) atoms. The monoisotopic (exact) mass is 459 g/mol. The molecule has 2 N–H and O–H groups in total. The van der Waals surface area contributed by atoms with Gasteiger partial charge in [0.05, 0.1) is 12.2 Å². The Balaban J connectivity index is 1.20. The molecule has 3 heterocycles. The SMILES string of the molecule is CC(C)c1ccc2nc(CNc3ccnc(NC(=O)C4CC4c4cccc(Cl)c4)c3)cn2c1. The molecule has 1 fully saturated rings. The summed E-state index contributed by atoms with van der Waals surface area (Å²) in [4.78, 5) is 21.7. The van der Waals surface area contributed by atoms with Gasteiger partial charge in [-0.15, -0.1) is 0 Å². The molecule has 1 saturated carbocycles. The number of carbonyl (C=O) groups is 1. The number of hydrogen-bond donors (Lipinski definition) is 2. The number of nitrogens with one attached hydrogen (secondary N) is 2. The summed E-state index contributed by atoms with van der Waals surface area (Å²) in [6.07, 6.45) is 6.70. The summed E-state index contributed by atoms with van der Waals surface area (Å²) in [5.74, 6) is 1.18. The molecule has 1 aliphatic carbocycles. The lowest BCUT2D eigenvalue weighted by atomic mass is 10.1. The quantitative estimate of drug-likeness (QED) is 0.363. The topological polar surface area (TPSA) is 71.3 Å². The molecule has 1 aromatic carbocycles. The first-order valence-corrected chi connectivity index (χ1v) is 11.6. The third-order valence-electron chi connectivity index (χ3n) is 6.08. The number of carbonyl (C=O) groups excluding carboxylic acids is 1. The van der Waals surface area contributed by atoms with E-state index in [4.69, 9.17) is 11.6 Å². The Morgan fingerprint density at radius 1 is 1.18 bits per heavy atom. The second-order valence-corrected chi connectivity index (χ2v) is 9.33. The van der Waals surface area contributed by atoms with Crippen molar-refractivity contribution in [2.45, 2.75) is 38.6 Å². The van der Waals surface area contributed by atoms with E-state index in [1.165, 1.54) is 5.56 Å². The molecule has 2 unspecified atom stereocenters. The minimum absolute atomic E-state index is 0.00840. The van der Waals surface area contributed by atoms with Crippen molar-refractivity contribution in [2.24, 2.45) is 5.92 Å². The molecule has 0 radical (unpaired) electrons. The number of pyridine rings is 2. The van der Waals surface area contributed by atoms with E-state index in [2.05, 4.69) is 51.1 Å². The number of hydrogen-bond acceptors (Lipinski definition) is 4. The van der Waals surface area contributed by atoms with E-state index in [-0.39, 0.29) is 17.7 Å². The molecular formula is C26H26ClN5O. The molecule has 0 saturated heterocycles. The largest absolute Gasteiger partial charge is 0.379 e. The molecular weight excluding hydrogens is 434 g/mol. The zero-order chi connectivity index (χ0) is 22.9. The van der Waals surface area contributed by atoms with E-state index in [9.17, 15) is 4.79 Å². The lowest BCUT2D eigenvalue weighted by Gasteiger charge is -2.08. The maximum absolute atomic E-state index is 12.7. The van der Waals surface area contributed by atoms with Crippen molar-refractivity contribution in [3.05, 3.63) is 89.0 Å². The minimum atomic E-state index is -0.0458. The highest BCUT2D eigenvalue weighted by molar-refractivity contribution is 6.30. The third-order valence-corrected chi connectivity index (χ3v) is 6.31. The summed E-state index contributed by atoms with van der Waals surface area (Å²) in [6, 6.07) is 15.6. The predicted molar refractivity (Wildman–Crippen MR) is 132 cm³/mol. The van der Waals surface area contributed by atoms with Gasteiger partial charge in [-0.05, 0) is 53.6 Å². The van der Waals surface area contributed by atoms with E-state index < -0.39 is 0 Å². The second-order valence-electron chi connectivity index (χ2n) is 8.89. The van der Waals surface area contributed by atoms with Crippen LogP contribution in [0.1, 0.15) is 48.9 Å². The molecule has 4 aromatic rings. The van der Waals surface area contributed by atoms with Crippen LogP contribution in [-0.2, 0) is 11.3 Å². The fourth-order valence-corrected chi connectivity index (χ4v) is 4.30. The van der Waals surface area contributed by atoms with Crippen molar-refractivity contribution < 1.29 is 4.79 Å². The Morgan fingerprint density at radius 2 is 2.06 bits per heavy atom. The third kappa shape index (κ3) is 4.86. The molecule has 5 rings (SSSR count). The fraction of sp³-hybridized carbons (Fsp3) is 0.269. The van der Waals surface area contributed by atoms with Crippen molar-refractivity contribution in [1.82, 2.24) is 14.4 Å². The molecule has 1 aliphatic rings. The van der Waals surface area contributed by atoms with Gasteiger partial charge in [-0.2, -0.15) is 0 Å². The maximum Gasteiger partial charge on any atom is 0.229 e. The number of imidazole rings is 1. The zero-order valence-electron chi connectivity index (χ0n) is 18.6. The van der Waals surface area contributed by atoms with E-state index in [0.717, 1.165) is 29.0 Å². The number of anilines is 2. The van der Waals surface area contributed by atoms with Crippen molar-refractivity contribution >= 4 is 34.7 Å². The highest BCUT2D eigenvalue weighted by atomic mass is 35.5. The first kappa shape index (κ1) is 21.5. The van der Waals surface area contributed by atoms with Gasteiger partial charge in [0, 0.05) is 41.3 Å². The number of halogens is 1. The Morgan fingerprint density at radius 3 is 2.88 bits per heavy atom. The summed E-state index contributed by atoms with van der Waals surface area (Å²) in [6.45, 7) is 4.94. The summed E-state index contributed by atoms with van der Waals surface area (Å²) in [5.41, 5.74) is 5.14. The summed E-state index contributed by atoms with van der Waals surface area (Å²) in [5, 5.41) is 7.03. The van der Waals surface area contributed by atoms with Crippen molar-refractivity contribution in [3.63, 3.8) is 0 Å².